The Morgan fingerprint density at radius 1 is 1.32 bits per heavy atom. The summed E-state index contributed by atoms with van der Waals surface area (Å²) in [6.45, 7) is 5.46. The van der Waals surface area contributed by atoms with Gasteiger partial charge in [-0.05, 0) is 44.5 Å². The van der Waals surface area contributed by atoms with Crippen LogP contribution in [0, 0.1) is 11.7 Å². The van der Waals surface area contributed by atoms with Gasteiger partial charge in [0.1, 0.15) is 5.82 Å². The van der Waals surface area contributed by atoms with Crippen LogP contribution in [0.3, 0.4) is 0 Å². The summed E-state index contributed by atoms with van der Waals surface area (Å²) >= 11 is 5.41. The number of sulfonamides is 1. The summed E-state index contributed by atoms with van der Waals surface area (Å²) in [5, 5.41) is 7.30. The molecule has 8 heteroatoms. The van der Waals surface area contributed by atoms with E-state index in [0.717, 1.165) is 24.2 Å². The molecule has 0 saturated carbocycles. The minimum absolute atomic E-state index is 0.0634. The number of aromatic amines is 1. The average Bonchev–Trinajstić information content (AvgIpc) is 2.98. The fourth-order valence-corrected chi connectivity index (χ4v) is 4.64. The molecule has 1 aliphatic heterocycles. The first kappa shape index (κ1) is 18.3. The van der Waals surface area contributed by atoms with Gasteiger partial charge in [0.25, 0.3) is 0 Å². The largest absolute Gasteiger partial charge is 0.299 e. The predicted molar refractivity (Wildman–Crippen MR) is 101 cm³/mol. The second kappa shape index (κ2) is 7.39. The highest BCUT2D eigenvalue weighted by atomic mass is 32.2. The quantitative estimate of drug-likeness (QED) is 0.810. The number of H-pyrrole nitrogens is 1. The van der Waals surface area contributed by atoms with Gasteiger partial charge in [-0.2, -0.15) is 5.10 Å². The highest BCUT2D eigenvalue weighted by Crippen LogP contribution is 2.27. The Kier molecular flexibility index (Phi) is 5.41. The number of nitrogens with zero attached hydrogens (tertiary/aromatic N) is 3. The normalized spacial score (nSPS) is 19.2. The van der Waals surface area contributed by atoms with Crippen molar-refractivity contribution in [2.45, 2.75) is 39.2 Å². The molecule has 1 aromatic heterocycles. The Labute approximate surface area is 153 Å². The molecule has 0 bridgehead atoms. The molecule has 1 atom stereocenters. The molecule has 2 aromatic rings. The molecule has 2 heterocycles. The third-order valence-electron chi connectivity index (χ3n) is 4.76. The number of hydrogen-bond donors (Lipinski definition) is 1. The Balaban J connectivity index is 1.85. The van der Waals surface area contributed by atoms with Crippen molar-refractivity contribution in [3.8, 4) is 0 Å². The standard InChI is InChI=1S/C17H24N4O2S2/c1-3-25(22,23)20-10-4-5-15(12-20)16-18-19-17(24)21(16)11-14-8-6-13(2)7-9-14/h6-9,15H,3-5,10-12H2,1-2H3,(H,19,24)/t15-/m0/s1. The van der Waals surface area contributed by atoms with E-state index in [0.29, 0.717) is 24.4 Å². The summed E-state index contributed by atoms with van der Waals surface area (Å²) < 4.78 is 28.6. The summed E-state index contributed by atoms with van der Waals surface area (Å²) in [4.78, 5) is 0. The van der Waals surface area contributed by atoms with Crippen LogP contribution in [0.5, 0.6) is 0 Å². The topological polar surface area (TPSA) is 71.0 Å². The van der Waals surface area contributed by atoms with Crippen LogP contribution in [0.15, 0.2) is 24.3 Å². The predicted octanol–water partition coefficient (Wildman–Crippen LogP) is 2.83. The Hall–Kier alpha value is -1.51. The molecule has 0 amide bonds. The van der Waals surface area contributed by atoms with Gasteiger partial charge in [-0.1, -0.05) is 29.8 Å². The lowest BCUT2D eigenvalue weighted by Crippen LogP contribution is -2.40. The number of nitrogens with one attached hydrogen (secondary N) is 1. The molecule has 0 spiro atoms. The van der Waals surface area contributed by atoms with Crippen molar-refractivity contribution < 1.29 is 8.42 Å². The lowest BCUT2D eigenvalue weighted by Gasteiger charge is -2.31. The maximum atomic E-state index is 12.2. The van der Waals surface area contributed by atoms with Gasteiger partial charge in [-0.3, -0.25) is 9.67 Å². The van der Waals surface area contributed by atoms with Crippen molar-refractivity contribution in [1.29, 1.82) is 0 Å². The number of hydrogen-bond acceptors (Lipinski definition) is 4. The zero-order valence-electron chi connectivity index (χ0n) is 14.6. The van der Waals surface area contributed by atoms with Gasteiger partial charge in [0.15, 0.2) is 4.77 Å². The molecule has 0 aliphatic carbocycles. The van der Waals surface area contributed by atoms with Crippen molar-refractivity contribution in [1.82, 2.24) is 19.1 Å². The molecule has 1 aliphatic rings. The van der Waals surface area contributed by atoms with Gasteiger partial charge in [-0.15, -0.1) is 0 Å². The second-order valence-corrected chi connectivity index (χ2v) is 9.20. The number of rotatable bonds is 5. The summed E-state index contributed by atoms with van der Waals surface area (Å²) in [6, 6.07) is 8.33. The minimum Gasteiger partial charge on any atom is -0.299 e. The van der Waals surface area contributed by atoms with Crippen LogP contribution in [0.2, 0.25) is 0 Å². The Morgan fingerprint density at radius 2 is 2.04 bits per heavy atom. The smallest absolute Gasteiger partial charge is 0.213 e. The fourth-order valence-electron chi connectivity index (χ4n) is 3.26. The first-order valence-corrected chi connectivity index (χ1v) is 10.6. The van der Waals surface area contributed by atoms with Crippen LogP contribution in [-0.4, -0.2) is 46.3 Å². The van der Waals surface area contributed by atoms with Crippen LogP contribution in [0.1, 0.15) is 42.6 Å². The highest BCUT2D eigenvalue weighted by Gasteiger charge is 2.31. The Morgan fingerprint density at radius 3 is 2.72 bits per heavy atom. The number of aromatic nitrogens is 3. The van der Waals surface area contributed by atoms with E-state index in [2.05, 4.69) is 41.4 Å². The molecule has 1 aromatic carbocycles. The Bertz CT molecular complexity index is 884. The average molecular weight is 381 g/mol. The zero-order valence-corrected chi connectivity index (χ0v) is 16.2. The first-order valence-electron chi connectivity index (χ1n) is 8.59. The van der Waals surface area contributed by atoms with Gasteiger partial charge in [0, 0.05) is 19.0 Å². The maximum absolute atomic E-state index is 12.2. The third-order valence-corrected chi connectivity index (χ3v) is 6.92. The maximum Gasteiger partial charge on any atom is 0.213 e. The van der Waals surface area contributed by atoms with E-state index in [1.807, 2.05) is 4.57 Å². The van der Waals surface area contributed by atoms with Crippen molar-refractivity contribution in [3.05, 3.63) is 46.0 Å². The summed E-state index contributed by atoms with van der Waals surface area (Å²) in [5.74, 6) is 1.05. The first-order chi connectivity index (χ1) is 11.9. The zero-order chi connectivity index (χ0) is 18.0. The van der Waals surface area contributed by atoms with Crippen LogP contribution >= 0.6 is 12.2 Å². The second-order valence-electron chi connectivity index (χ2n) is 6.56. The molecule has 1 saturated heterocycles. The van der Waals surface area contributed by atoms with E-state index in [-0.39, 0.29) is 11.7 Å². The lowest BCUT2D eigenvalue weighted by atomic mass is 9.98. The van der Waals surface area contributed by atoms with Crippen LogP contribution in [-0.2, 0) is 16.6 Å². The summed E-state index contributed by atoms with van der Waals surface area (Å²) in [7, 11) is -3.17. The summed E-state index contributed by atoms with van der Waals surface area (Å²) in [5.41, 5.74) is 2.37. The number of piperidine rings is 1. The molecule has 136 valence electrons. The van der Waals surface area contributed by atoms with Crippen molar-refractivity contribution >= 4 is 22.2 Å². The molecule has 6 nitrogen and oxygen atoms in total. The summed E-state index contributed by atoms with van der Waals surface area (Å²) in [6.07, 6.45) is 1.76. The fraction of sp³-hybridized carbons (Fsp3) is 0.529. The van der Waals surface area contributed by atoms with Crippen molar-refractivity contribution in [2.75, 3.05) is 18.8 Å². The van der Waals surface area contributed by atoms with E-state index < -0.39 is 10.0 Å². The lowest BCUT2D eigenvalue weighted by molar-refractivity contribution is 0.305. The van der Waals surface area contributed by atoms with Gasteiger partial charge in [-0.25, -0.2) is 12.7 Å². The van der Waals surface area contributed by atoms with Gasteiger partial charge >= 0.3 is 0 Å². The van der Waals surface area contributed by atoms with E-state index in [1.54, 1.807) is 11.2 Å². The SMILES string of the molecule is CCS(=O)(=O)N1CCC[C@H](c2n[nH]c(=S)n2Cc2ccc(C)cc2)C1. The molecule has 1 N–H and O–H groups in total. The number of aryl methyl sites for hydroxylation is 1. The molecular weight excluding hydrogens is 356 g/mol. The third kappa shape index (κ3) is 4.02. The van der Waals surface area contributed by atoms with Crippen LogP contribution in [0.4, 0.5) is 0 Å². The molecule has 1 fully saturated rings. The van der Waals surface area contributed by atoms with E-state index >= 15 is 0 Å². The molecule has 0 radical (unpaired) electrons. The van der Waals surface area contributed by atoms with Crippen LogP contribution in [0.25, 0.3) is 0 Å². The highest BCUT2D eigenvalue weighted by molar-refractivity contribution is 7.89. The molecular formula is C17H24N4O2S2. The molecule has 3 rings (SSSR count). The van der Waals surface area contributed by atoms with Gasteiger partial charge < -0.3 is 0 Å². The minimum atomic E-state index is -3.17. The van der Waals surface area contributed by atoms with Gasteiger partial charge in [0.05, 0.1) is 12.3 Å². The van der Waals surface area contributed by atoms with E-state index in [9.17, 15) is 8.42 Å². The van der Waals surface area contributed by atoms with Crippen molar-refractivity contribution in [2.24, 2.45) is 0 Å². The van der Waals surface area contributed by atoms with Crippen LogP contribution < -0.4 is 0 Å². The molecule has 25 heavy (non-hydrogen) atoms. The van der Waals surface area contributed by atoms with Gasteiger partial charge in [0.2, 0.25) is 10.0 Å². The van der Waals surface area contributed by atoms with Crippen molar-refractivity contribution in [3.63, 3.8) is 0 Å². The number of benzene rings is 1. The van der Waals surface area contributed by atoms with E-state index in [4.69, 9.17) is 12.2 Å². The monoisotopic (exact) mass is 380 g/mol. The molecule has 0 unspecified atom stereocenters. The van der Waals surface area contributed by atoms with E-state index in [1.165, 1.54) is 5.56 Å².